The highest BCUT2D eigenvalue weighted by Crippen LogP contribution is 2.45. The average molecular weight is 293 g/mol. The van der Waals surface area contributed by atoms with Crippen LogP contribution < -0.4 is 9.84 Å². The van der Waals surface area contributed by atoms with Crippen molar-refractivity contribution in [3.8, 4) is 5.75 Å². The second-order valence-electron chi connectivity index (χ2n) is 6.84. The number of ether oxygens (including phenoxy) is 1. The highest BCUT2D eigenvalue weighted by Gasteiger charge is 2.45. The molecule has 0 spiro atoms. The minimum atomic E-state index is -1.33. The van der Waals surface area contributed by atoms with Gasteiger partial charge in [-0.1, -0.05) is 27.2 Å². The van der Waals surface area contributed by atoms with Gasteiger partial charge in [0, 0.05) is 11.0 Å². The van der Waals surface area contributed by atoms with Crippen LogP contribution in [0.5, 0.6) is 5.75 Å². The Labute approximate surface area is 125 Å². The van der Waals surface area contributed by atoms with Gasteiger partial charge in [-0.2, -0.15) is 0 Å². The Morgan fingerprint density at radius 3 is 2.38 bits per heavy atom. The number of halogens is 1. The number of carbonyl (C=O) groups excluding carboxylic acids is 1. The predicted molar refractivity (Wildman–Crippen MR) is 76.6 cm³/mol. The molecule has 3 nitrogen and oxygen atoms in total. The van der Waals surface area contributed by atoms with Crippen molar-refractivity contribution in [1.29, 1.82) is 0 Å². The molecule has 1 fully saturated rings. The van der Waals surface area contributed by atoms with E-state index in [9.17, 15) is 14.3 Å². The fourth-order valence-electron chi connectivity index (χ4n) is 3.05. The number of carboxylic acids is 1. The van der Waals surface area contributed by atoms with Crippen LogP contribution in [0.3, 0.4) is 0 Å². The smallest absolute Gasteiger partial charge is 0.165 e. The largest absolute Gasteiger partial charge is 0.545 e. The summed E-state index contributed by atoms with van der Waals surface area (Å²) >= 11 is 0. The molecule has 2 rings (SSSR count). The van der Waals surface area contributed by atoms with E-state index in [0.717, 1.165) is 38.2 Å². The van der Waals surface area contributed by atoms with Crippen molar-refractivity contribution in [3.63, 3.8) is 0 Å². The third-order valence-electron chi connectivity index (χ3n) is 4.50. The molecule has 21 heavy (non-hydrogen) atoms. The monoisotopic (exact) mass is 293 g/mol. The van der Waals surface area contributed by atoms with E-state index in [1.807, 2.05) is 0 Å². The Morgan fingerprint density at radius 2 is 1.86 bits per heavy atom. The first-order valence-electron chi connectivity index (χ1n) is 7.45. The van der Waals surface area contributed by atoms with Gasteiger partial charge in [-0.15, -0.1) is 0 Å². The maximum Gasteiger partial charge on any atom is 0.165 e. The summed E-state index contributed by atoms with van der Waals surface area (Å²) in [7, 11) is 0. The minimum Gasteiger partial charge on any atom is -0.545 e. The fourth-order valence-corrected chi connectivity index (χ4v) is 3.05. The number of aromatic carboxylic acids is 1. The van der Waals surface area contributed by atoms with Gasteiger partial charge in [0.25, 0.3) is 0 Å². The lowest BCUT2D eigenvalue weighted by atomic mass is 9.68. The zero-order chi connectivity index (χ0) is 15.7. The van der Waals surface area contributed by atoms with E-state index >= 15 is 0 Å². The molecule has 0 amide bonds. The normalized spacial score (nSPS) is 18.3. The first-order valence-corrected chi connectivity index (χ1v) is 7.45. The Bertz CT molecular complexity index is 525. The zero-order valence-electron chi connectivity index (χ0n) is 12.9. The first-order chi connectivity index (χ1) is 9.75. The second-order valence-corrected chi connectivity index (χ2v) is 6.84. The molecule has 0 N–H and O–H groups in total. The van der Waals surface area contributed by atoms with E-state index < -0.39 is 17.4 Å². The molecule has 1 aliphatic carbocycles. The predicted octanol–water partition coefficient (Wildman–Crippen LogP) is 3.32. The molecule has 1 aliphatic rings. The van der Waals surface area contributed by atoms with E-state index in [-0.39, 0.29) is 16.7 Å². The maximum atomic E-state index is 14.0. The number of carbonyl (C=O) groups is 1. The van der Waals surface area contributed by atoms with E-state index in [4.69, 9.17) is 4.74 Å². The van der Waals surface area contributed by atoms with Gasteiger partial charge >= 0.3 is 0 Å². The van der Waals surface area contributed by atoms with Gasteiger partial charge in [-0.25, -0.2) is 4.39 Å². The molecule has 1 aromatic carbocycles. The van der Waals surface area contributed by atoms with Crippen LogP contribution in [0.1, 0.15) is 63.2 Å². The van der Waals surface area contributed by atoms with E-state index in [1.165, 1.54) is 12.1 Å². The van der Waals surface area contributed by atoms with Crippen LogP contribution in [0.4, 0.5) is 4.39 Å². The highest BCUT2D eigenvalue weighted by molar-refractivity contribution is 5.86. The number of benzene rings is 1. The Kier molecular flexibility index (Phi) is 4.26. The molecular formula is C17H22FO3-. The van der Waals surface area contributed by atoms with Crippen molar-refractivity contribution in [1.82, 2.24) is 0 Å². The molecule has 0 bridgehead atoms. The molecule has 0 aliphatic heterocycles. The van der Waals surface area contributed by atoms with Gasteiger partial charge in [0.15, 0.2) is 11.6 Å². The quantitative estimate of drug-likeness (QED) is 0.859. The highest BCUT2D eigenvalue weighted by atomic mass is 19.1. The topological polar surface area (TPSA) is 49.4 Å². The van der Waals surface area contributed by atoms with E-state index in [2.05, 4.69) is 20.8 Å². The van der Waals surface area contributed by atoms with Crippen LogP contribution in [0.25, 0.3) is 0 Å². The molecule has 4 heteroatoms. The lowest BCUT2D eigenvalue weighted by Crippen LogP contribution is -2.49. The van der Waals surface area contributed by atoms with Gasteiger partial charge in [-0.05, 0) is 43.9 Å². The SMILES string of the molecule is CC(C)(C)C1(Oc2cc(C(=O)[O-])ccc2F)CCCCC1. The molecular weight excluding hydrogens is 271 g/mol. The fraction of sp³-hybridized carbons (Fsp3) is 0.588. The van der Waals surface area contributed by atoms with Crippen molar-refractivity contribution in [2.45, 2.75) is 58.5 Å². The summed E-state index contributed by atoms with van der Waals surface area (Å²) in [6, 6.07) is 3.55. The molecule has 0 unspecified atom stereocenters. The first kappa shape index (κ1) is 15.8. The third-order valence-corrected chi connectivity index (χ3v) is 4.50. The molecule has 0 aromatic heterocycles. The Morgan fingerprint density at radius 1 is 1.24 bits per heavy atom. The summed E-state index contributed by atoms with van der Waals surface area (Å²) in [4.78, 5) is 10.9. The standard InChI is InChI=1S/C17H23FO3/c1-16(2,3)17(9-5-4-6-10-17)21-14-11-12(15(19)20)7-8-13(14)18/h7-8,11H,4-6,9-10H2,1-3H3,(H,19,20)/p-1. The van der Waals surface area contributed by atoms with E-state index in [1.54, 1.807) is 0 Å². The van der Waals surface area contributed by atoms with Crippen LogP contribution in [-0.4, -0.2) is 11.6 Å². The van der Waals surface area contributed by atoms with Gasteiger partial charge in [0.2, 0.25) is 0 Å². The van der Waals surface area contributed by atoms with Gasteiger partial charge in [-0.3, -0.25) is 0 Å². The van der Waals surface area contributed by atoms with Crippen LogP contribution in [0.15, 0.2) is 18.2 Å². The van der Waals surface area contributed by atoms with Crippen molar-refractivity contribution in [3.05, 3.63) is 29.6 Å². The summed E-state index contributed by atoms with van der Waals surface area (Å²) in [5.41, 5.74) is -0.681. The minimum absolute atomic E-state index is 0.00789. The number of hydrogen-bond acceptors (Lipinski definition) is 3. The summed E-state index contributed by atoms with van der Waals surface area (Å²) in [5, 5.41) is 10.9. The van der Waals surface area contributed by atoms with Gasteiger partial charge in [0.1, 0.15) is 5.60 Å². The van der Waals surface area contributed by atoms with Crippen molar-refractivity contribution >= 4 is 5.97 Å². The Balaban J connectivity index is 2.37. The molecule has 1 aromatic rings. The summed E-state index contributed by atoms with van der Waals surface area (Å²) in [6.45, 7) is 6.25. The molecule has 0 heterocycles. The van der Waals surface area contributed by atoms with Crippen LogP contribution in [0, 0.1) is 11.2 Å². The molecule has 1 saturated carbocycles. The Hall–Kier alpha value is -1.58. The lowest BCUT2D eigenvalue weighted by Gasteiger charge is -2.47. The summed E-state index contributed by atoms with van der Waals surface area (Å²) in [5.74, 6) is -1.85. The molecule has 0 radical (unpaired) electrons. The van der Waals surface area contributed by atoms with Crippen molar-refractivity contribution in [2.24, 2.45) is 5.41 Å². The third kappa shape index (κ3) is 3.20. The second kappa shape index (κ2) is 5.66. The van der Waals surface area contributed by atoms with Crippen molar-refractivity contribution in [2.75, 3.05) is 0 Å². The van der Waals surface area contributed by atoms with E-state index in [0.29, 0.717) is 0 Å². The maximum absolute atomic E-state index is 14.0. The molecule has 0 saturated heterocycles. The van der Waals surface area contributed by atoms with Crippen LogP contribution >= 0.6 is 0 Å². The van der Waals surface area contributed by atoms with Gasteiger partial charge in [0.05, 0.1) is 5.97 Å². The van der Waals surface area contributed by atoms with Crippen molar-refractivity contribution < 1.29 is 19.0 Å². The number of hydrogen-bond donors (Lipinski definition) is 0. The lowest BCUT2D eigenvalue weighted by molar-refractivity contribution is -0.255. The van der Waals surface area contributed by atoms with Crippen LogP contribution in [-0.2, 0) is 0 Å². The number of rotatable bonds is 3. The molecule has 0 atom stereocenters. The van der Waals surface area contributed by atoms with Crippen LogP contribution in [0.2, 0.25) is 0 Å². The summed E-state index contributed by atoms with van der Waals surface area (Å²) < 4.78 is 20.1. The zero-order valence-corrected chi connectivity index (χ0v) is 12.9. The number of carboxylic acid groups (broad SMARTS) is 1. The summed E-state index contributed by atoms with van der Waals surface area (Å²) in [6.07, 6.45) is 4.94. The average Bonchev–Trinajstić information content (AvgIpc) is 2.41. The molecule has 116 valence electrons. The van der Waals surface area contributed by atoms with Gasteiger partial charge < -0.3 is 14.6 Å².